The molecule has 2 amide bonds. The van der Waals surface area contributed by atoms with Gasteiger partial charge in [0.15, 0.2) is 0 Å². The van der Waals surface area contributed by atoms with Gasteiger partial charge in [-0.05, 0) is 41.3 Å². The van der Waals surface area contributed by atoms with E-state index in [9.17, 15) is 14.0 Å². The van der Waals surface area contributed by atoms with E-state index in [1.807, 2.05) is 44.2 Å². The third kappa shape index (κ3) is 9.06. The predicted octanol–water partition coefficient (Wildman–Crippen LogP) is 6.78. The zero-order chi connectivity index (χ0) is 26.8. The lowest BCUT2D eigenvalue weighted by atomic mass is 10.0. The van der Waals surface area contributed by atoms with E-state index >= 15 is 0 Å². The molecule has 3 aromatic carbocycles. The van der Waals surface area contributed by atoms with Crippen LogP contribution in [0.25, 0.3) is 0 Å². The normalized spacial score (nSPS) is 11.8. The van der Waals surface area contributed by atoms with Gasteiger partial charge in [0, 0.05) is 40.9 Å². The molecule has 0 aliphatic rings. The highest BCUT2D eigenvalue weighted by Crippen LogP contribution is 2.28. The Kier molecular flexibility index (Phi) is 11.3. The van der Waals surface area contributed by atoms with Crippen molar-refractivity contribution in [3.63, 3.8) is 0 Å². The van der Waals surface area contributed by atoms with Gasteiger partial charge in [0.25, 0.3) is 0 Å². The molecule has 0 heterocycles. The highest BCUT2D eigenvalue weighted by Gasteiger charge is 2.31. The second-order valence-electron chi connectivity index (χ2n) is 9.19. The van der Waals surface area contributed by atoms with Crippen molar-refractivity contribution in [2.24, 2.45) is 5.92 Å². The third-order valence-corrected chi connectivity index (χ3v) is 7.45. The number of amides is 2. The van der Waals surface area contributed by atoms with E-state index in [-0.39, 0.29) is 35.8 Å². The summed E-state index contributed by atoms with van der Waals surface area (Å²) in [6.45, 7) is 4.63. The van der Waals surface area contributed by atoms with Crippen molar-refractivity contribution in [1.29, 1.82) is 0 Å². The lowest BCUT2D eigenvalue weighted by molar-refractivity contribution is -0.139. The monoisotopic (exact) mass is 560 g/mol. The van der Waals surface area contributed by atoms with Gasteiger partial charge in [-0.1, -0.05) is 85.6 Å². The number of thioether (sulfide) groups is 1. The van der Waals surface area contributed by atoms with Crippen LogP contribution in [0, 0.1) is 11.7 Å². The van der Waals surface area contributed by atoms with Crippen LogP contribution < -0.4 is 5.32 Å². The first-order valence-corrected chi connectivity index (χ1v) is 14.0. The lowest BCUT2D eigenvalue weighted by Gasteiger charge is -2.32. The average molecular weight is 562 g/mol. The molecule has 0 fully saturated rings. The second kappa shape index (κ2) is 14.4. The fourth-order valence-electron chi connectivity index (χ4n) is 3.75. The zero-order valence-electron chi connectivity index (χ0n) is 20.9. The van der Waals surface area contributed by atoms with Gasteiger partial charge in [-0.2, -0.15) is 0 Å². The van der Waals surface area contributed by atoms with Crippen LogP contribution in [0.3, 0.4) is 0 Å². The van der Waals surface area contributed by atoms with Crippen molar-refractivity contribution in [2.45, 2.75) is 38.6 Å². The summed E-state index contributed by atoms with van der Waals surface area (Å²) >= 11 is 14.3. The van der Waals surface area contributed by atoms with E-state index in [0.29, 0.717) is 34.3 Å². The van der Waals surface area contributed by atoms with Gasteiger partial charge >= 0.3 is 0 Å². The van der Waals surface area contributed by atoms with Crippen LogP contribution in [0.5, 0.6) is 0 Å². The maximum Gasteiger partial charge on any atom is 0.243 e. The molecule has 0 bridgehead atoms. The maximum absolute atomic E-state index is 13.7. The molecule has 0 spiro atoms. The fourth-order valence-corrected chi connectivity index (χ4v) is 5.14. The molecule has 0 unspecified atom stereocenters. The second-order valence-corrected chi connectivity index (χ2v) is 11.0. The van der Waals surface area contributed by atoms with E-state index in [0.717, 1.165) is 11.1 Å². The van der Waals surface area contributed by atoms with E-state index in [1.54, 1.807) is 35.2 Å². The third-order valence-electron chi connectivity index (χ3n) is 5.75. The van der Waals surface area contributed by atoms with Crippen LogP contribution >= 0.6 is 35.0 Å². The molecule has 0 saturated carbocycles. The van der Waals surface area contributed by atoms with Crippen LogP contribution in [-0.4, -0.2) is 35.1 Å². The molecule has 4 nitrogen and oxygen atoms in total. The minimum Gasteiger partial charge on any atom is -0.354 e. The largest absolute Gasteiger partial charge is 0.354 e. The molecule has 0 aliphatic heterocycles. The van der Waals surface area contributed by atoms with Gasteiger partial charge in [0.1, 0.15) is 11.9 Å². The Labute approximate surface area is 232 Å². The van der Waals surface area contributed by atoms with Gasteiger partial charge in [-0.15, -0.1) is 11.8 Å². The molecular formula is C29H31Cl2FN2O2S. The number of benzene rings is 3. The Morgan fingerprint density at radius 1 is 0.919 bits per heavy atom. The molecule has 8 heteroatoms. The number of hydrogen-bond acceptors (Lipinski definition) is 3. The number of carbonyl (C=O) groups is 2. The molecule has 0 saturated heterocycles. The van der Waals surface area contributed by atoms with Crippen molar-refractivity contribution in [2.75, 3.05) is 12.3 Å². The molecule has 1 N–H and O–H groups in total. The Bertz CT molecular complexity index is 1160. The van der Waals surface area contributed by atoms with E-state index < -0.39 is 6.04 Å². The summed E-state index contributed by atoms with van der Waals surface area (Å²) in [7, 11) is 0. The van der Waals surface area contributed by atoms with Crippen LogP contribution in [0.2, 0.25) is 10.0 Å². The SMILES string of the molecule is CC(C)CNC(=O)[C@@H](Cc1ccccc1)N(Cc1c(Cl)cccc1Cl)C(=O)CSCc1ccc(F)cc1. The smallest absolute Gasteiger partial charge is 0.243 e. The summed E-state index contributed by atoms with van der Waals surface area (Å²) in [5.41, 5.74) is 2.45. The van der Waals surface area contributed by atoms with Crippen molar-refractivity contribution in [3.05, 3.63) is 105 Å². The number of nitrogens with one attached hydrogen (secondary N) is 1. The first-order valence-electron chi connectivity index (χ1n) is 12.1. The van der Waals surface area contributed by atoms with Crippen molar-refractivity contribution >= 4 is 46.8 Å². The Morgan fingerprint density at radius 3 is 2.19 bits per heavy atom. The minimum absolute atomic E-state index is 0.0983. The van der Waals surface area contributed by atoms with Crippen LogP contribution in [-0.2, 0) is 28.3 Å². The highest BCUT2D eigenvalue weighted by molar-refractivity contribution is 7.99. The molecule has 0 aliphatic carbocycles. The topological polar surface area (TPSA) is 49.4 Å². The Morgan fingerprint density at radius 2 is 1.57 bits per heavy atom. The van der Waals surface area contributed by atoms with Crippen molar-refractivity contribution in [1.82, 2.24) is 10.2 Å². The number of hydrogen-bond donors (Lipinski definition) is 1. The summed E-state index contributed by atoms with van der Waals surface area (Å²) in [4.78, 5) is 28.7. The van der Waals surface area contributed by atoms with Crippen LogP contribution in [0.1, 0.15) is 30.5 Å². The number of carbonyl (C=O) groups excluding carboxylic acids is 2. The summed E-state index contributed by atoms with van der Waals surface area (Å²) in [6.07, 6.45) is 0.348. The van der Waals surface area contributed by atoms with E-state index in [4.69, 9.17) is 23.2 Å². The van der Waals surface area contributed by atoms with Gasteiger partial charge < -0.3 is 10.2 Å². The fraction of sp³-hybridized carbons (Fsp3) is 0.310. The van der Waals surface area contributed by atoms with Crippen molar-refractivity contribution < 1.29 is 14.0 Å². The summed E-state index contributed by atoms with van der Waals surface area (Å²) < 4.78 is 13.2. The molecular weight excluding hydrogens is 530 g/mol. The molecule has 0 aromatic heterocycles. The molecule has 3 aromatic rings. The lowest BCUT2D eigenvalue weighted by Crippen LogP contribution is -2.51. The zero-order valence-corrected chi connectivity index (χ0v) is 23.3. The number of nitrogens with zero attached hydrogens (tertiary/aromatic N) is 1. The molecule has 0 radical (unpaired) electrons. The molecule has 37 heavy (non-hydrogen) atoms. The van der Waals surface area contributed by atoms with Gasteiger partial charge in [0.2, 0.25) is 11.8 Å². The number of halogens is 3. The van der Waals surface area contributed by atoms with E-state index in [2.05, 4.69) is 5.32 Å². The summed E-state index contributed by atoms with van der Waals surface area (Å²) in [5, 5.41) is 3.87. The van der Waals surface area contributed by atoms with E-state index in [1.165, 1.54) is 23.9 Å². The average Bonchev–Trinajstić information content (AvgIpc) is 2.88. The highest BCUT2D eigenvalue weighted by atomic mass is 35.5. The Hall–Kier alpha value is -2.54. The first-order chi connectivity index (χ1) is 17.7. The van der Waals surface area contributed by atoms with Crippen LogP contribution in [0.15, 0.2) is 72.8 Å². The minimum atomic E-state index is -0.757. The molecule has 3 rings (SSSR count). The predicted molar refractivity (Wildman–Crippen MR) is 151 cm³/mol. The first kappa shape index (κ1) is 29.0. The number of rotatable bonds is 12. The molecule has 196 valence electrons. The van der Waals surface area contributed by atoms with Gasteiger partial charge in [-0.25, -0.2) is 4.39 Å². The quantitative estimate of drug-likeness (QED) is 0.265. The van der Waals surface area contributed by atoms with Gasteiger partial charge in [-0.3, -0.25) is 9.59 Å². The van der Waals surface area contributed by atoms with Crippen molar-refractivity contribution in [3.8, 4) is 0 Å². The summed E-state index contributed by atoms with van der Waals surface area (Å²) in [5.74, 6) is 0.206. The molecule has 1 atom stereocenters. The Balaban J connectivity index is 1.88. The summed E-state index contributed by atoms with van der Waals surface area (Å²) in [6, 6.07) is 20.3. The standard InChI is InChI=1S/C29H31Cl2FN2O2S/c1-20(2)16-33-29(36)27(15-21-7-4-3-5-8-21)34(17-24-25(30)9-6-10-26(24)31)28(35)19-37-18-22-11-13-23(32)14-12-22/h3-14,20,27H,15-19H2,1-2H3,(H,33,36)/t27-/m1/s1. The maximum atomic E-state index is 13.7. The van der Waals surface area contributed by atoms with Gasteiger partial charge in [0.05, 0.1) is 5.75 Å². The van der Waals surface area contributed by atoms with Crippen LogP contribution in [0.4, 0.5) is 4.39 Å².